The molecule has 0 spiro atoms. The molecule has 3 nitrogen and oxygen atoms in total. The Morgan fingerprint density at radius 1 is 1.10 bits per heavy atom. The molecule has 0 aliphatic rings. The highest BCUT2D eigenvalue weighted by molar-refractivity contribution is 5.88. The average Bonchev–Trinajstić information content (AvgIpc) is 2.51. The summed E-state index contributed by atoms with van der Waals surface area (Å²) >= 11 is 0. The predicted octanol–water partition coefficient (Wildman–Crippen LogP) is 3.22. The molecule has 0 aliphatic carbocycles. The van der Waals surface area contributed by atoms with Gasteiger partial charge in [-0.3, -0.25) is 0 Å². The zero-order valence-corrected chi connectivity index (χ0v) is 12.5. The van der Waals surface area contributed by atoms with Gasteiger partial charge < -0.3 is 14.7 Å². The lowest BCUT2D eigenvalue weighted by molar-refractivity contribution is 0.118. The van der Waals surface area contributed by atoms with Crippen LogP contribution in [0.15, 0.2) is 36.4 Å². The van der Waals surface area contributed by atoms with Crippen LogP contribution in [0.5, 0.6) is 5.75 Å². The highest BCUT2D eigenvalue weighted by atomic mass is 16.5. The highest BCUT2D eigenvalue weighted by Crippen LogP contribution is 2.33. The van der Waals surface area contributed by atoms with Crippen molar-refractivity contribution in [2.75, 3.05) is 26.7 Å². The number of ether oxygens (including phenoxy) is 1. The number of rotatable bonds is 6. The third-order valence-corrected chi connectivity index (χ3v) is 3.81. The first-order valence-corrected chi connectivity index (χ1v) is 7.17. The van der Waals surface area contributed by atoms with Crippen LogP contribution in [0.1, 0.15) is 25.5 Å². The van der Waals surface area contributed by atoms with Gasteiger partial charge in [0.15, 0.2) is 0 Å². The van der Waals surface area contributed by atoms with Crippen molar-refractivity contribution < 1.29 is 9.84 Å². The van der Waals surface area contributed by atoms with Gasteiger partial charge in [-0.25, -0.2) is 0 Å². The fraction of sp³-hybridized carbons (Fsp3) is 0.412. The first kappa shape index (κ1) is 14.8. The van der Waals surface area contributed by atoms with E-state index in [4.69, 9.17) is 4.74 Å². The summed E-state index contributed by atoms with van der Waals surface area (Å²) in [6, 6.07) is 12.1. The number of benzene rings is 2. The number of aliphatic hydroxyl groups excluding tert-OH is 1. The maximum Gasteiger partial charge on any atom is 0.125 e. The zero-order chi connectivity index (χ0) is 14.5. The van der Waals surface area contributed by atoms with Crippen LogP contribution in [-0.4, -0.2) is 36.8 Å². The van der Waals surface area contributed by atoms with Gasteiger partial charge in [0.2, 0.25) is 0 Å². The van der Waals surface area contributed by atoms with E-state index in [0.717, 1.165) is 35.2 Å². The quantitative estimate of drug-likeness (QED) is 0.877. The van der Waals surface area contributed by atoms with E-state index in [1.54, 1.807) is 7.11 Å². The van der Waals surface area contributed by atoms with Crippen LogP contribution in [0, 0.1) is 0 Å². The number of likely N-dealkylation sites (N-methyl/N-ethyl adjacent to an activating group) is 1. The van der Waals surface area contributed by atoms with E-state index in [-0.39, 0.29) is 0 Å². The zero-order valence-electron chi connectivity index (χ0n) is 12.5. The van der Waals surface area contributed by atoms with Gasteiger partial charge in [-0.1, -0.05) is 44.2 Å². The molecule has 0 heterocycles. The molecule has 0 bridgehead atoms. The molecule has 0 fully saturated rings. The van der Waals surface area contributed by atoms with Crippen molar-refractivity contribution in [2.45, 2.75) is 20.0 Å². The van der Waals surface area contributed by atoms with Gasteiger partial charge in [-0.2, -0.15) is 0 Å². The monoisotopic (exact) mass is 273 g/mol. The van der Waals surface area contributed by atoms with E-state index in [1.165, 1.54) is 0 Å². The molecule has 108 valence electrons. The largest absolute Gasteiger partial charge is 0.496 e. The molecular formula is C17H23NO2. The topological polar surface area (TPSA) is 32.7 Å². The van der Waals surface area contributed by atoms with Crippen molar-refractivity contribution in [3.63, 3.8) is 0 Å². The Morgan fingerprint density at radius 2 is 1.80 bits per heavy atom. The second kappa shape index (κ2) is 6.73. The Morgan fingerprint density at radius 3 is 2.45 bits per heavy atom. The molecule has 2 aromatic rings. The van der Waals surface area contributed by atoms with Crippen LogP contribution >= 0.6 is 0 Å². The summed E-state index contributed by atoms with van der Waals surface area (Å²) in [6.07, 6.45) is -0.545. The van der Waals surface area contributed by atoms with Crippen molar-refractivity contribution in [1.82, 2.24) is 4.90 Å². The second-order valence-electron chi connectivity index (χ2n) is 4.90. The minimum absolute atomic E-state index is 0.545. The molecular weight excluding hydrogens is 250 g/mol. The van der Waals surface area contributed by atoms with E-state index in [2.05, 4.69) is 24.8 Å². The number of hydrogen-bond acceptors (Lipinski definition) is 3. The van der Waals surface area contributed by atoms with E-state index < -0.39 is 6.10 Å². The maximum absolute atomic E-state index is 10.6. The molecule has 0 saturated heterocycles. The molecule has 20 heavy (non-hydrogen) atoms. The highest BCUT2D eigenvalue weighted by Gasteiger charge is 2.18. The lowest BCUT2D eigenvalue weighted by Gasteiger charge is -2.24. The fourth-order valence-electron chi connectivity index (χ4n) is 2.61. The van der Waals surface area contributed by atoms with E-state index in [1.807, 2.05) is 30.3 Å². The first-order chi connectivity index (χ1) is 9.71. The third kappa shape index (κ3) is 2.94. The van der Waals surface area contributed by atoms with Crippen LogP contribution < -0.4 is 4.74 Å². The standard InChI is InChI=1S/C17H23NO2/c1-4-18(5-2)12-15(19)17-14-9-7-6-8-13(14)10-11-16(17)20-3/h6-11,15,19H,4-5,12H2,1-3H3. The van der Waals surface area contributed by atoms with Crippen molar-refractivity contribution in [1.29, 1.82) is 0 Å². The molecule has 2 aromatic carbocycles. The van der Waals surface area contributed by atoms with Crippen LogP contribution in [0.4, 0.5) is 0 Å². The van der Waals surface area contributed by atoms with E-state index in [9.17, 15) is 5.11 Å². The van der Waals surface area contributed by atoms with Crippen molar-refractivity contribution in [2.24, 2.45) is 0 Å². The molecule has 2 rings (SSSR count). The molecule has 0 saturated carbocycles. The van der Waals surface area contributed by atoms with E-state index in [0.29, 0.717) is 6.54 Å². The Labute approximate surface area is 120 Å². The van der Waals surface area contributed by atoms with Gasteiger partial charge in [-0.05, 0) is 29.9 Å². The number of fused-ring (bicyclic) bond motifs is 1. The predicted molar refractivity (Wildman–Crippen MR) is 83.2 cm³/mol. The average molecular weight is 273 g/mol. The van der Waals surface area contributed by atoms with Gasteiger partial charge in [-0.15, -0.1) is 0 Å². The Kier molecular flexibility index (Phi) is 4.99. The molecule has 1 unspecified atom stereocenters. The van der Waals surface area contributed by atoms with Crippen molar-refractivity contribution in [3.8, 4) is 5.75 Å². The fourth-order valence-corrected chi connectivity index (χ4v) is 2.61. The minimum Gasteiger partial charge on any atom is -0.496 e. The molecule has 0 aliphatic heterocycles. The van der Waals surface area contributed by atoms with E-state index >= 15 is 0 Å². The number of nitrogens with zero attached hydrogens (tertiary/aromatic N) is 1. The number of aliphatic hydroxyl groups is 1. The summed E-state index contributed by atoms with van der Waals surface area (Å²) in [5.41, 5.74) is 0.887. The summed E-state index contributed by atoms with van der Waals surface area (Å²) in [6.45, 7) is 6.70. The Bertz CT molecular complexity index is 564. The smallest absolute Gasteiger partial charge is 0.125 e. The Hall–Kier alpha value is -1.58. The van der Waals surface area contributed by atoms with Crippen LogP contribution in [-0.2, 0) is 0 Å². The lowest BCUT2D eigenvalue weighted by atomic mass is 9.99. The third-order valence-electron chi connectivity index (χ3n) is 3.81. The molecule has 0 radical (unpaired) electrons. The summed E-state index contributed by atoms with van der Waals surface area (Å²) in [5.74, 6) is 0.753. The molecule has 0 aromatic heterocycles. The van der Waals surface area contributed by atoms with Crippen LogP contribution in [0.3, 0.4) is 0 Å². The van der Waals surface area contributed by atoms with Crippen molar-refractivity contribution >= 4 is 10.8 Å². The Balaban J connectivity index is 2.44. The summed E-state index contributed by atoms with van der Waals surface area (Å²) in [4.78, 5) is 2.21. The van der Waals surface area contributed by atoms with Gasteiger partial charge in [0, 0.05) is 12.1 Å². The van der Waals surface area contributed by atoms with Gasteiger partial charge in [0.25, 0.3) is 0 Å². The van der Waals surface area contributed by atoms with Gasteiger partial charge in [0.1, 0.15) is 5.75 Å². The summed E-state index contributed by atoms with van der Waals surface area (Å²) in [7, 11) is 1.65. The minimum atomic E-state index is -0.545. The molecule has 1 atom stereocenters. The molecule has 1 N–H and O–H groups in total. The van der Waals surface area contributed by atoms with Crippen LogP contribution in [0.2, 0.25) is 0 Å². The second-order valence-corrected chi connectivity index (χ2v) is 4.90. The van der Waals surface area contributed by atoms with Gasteiger partial charge >= 0.3 is 0 Å². The normalized spacial score (nSPS) is 12.8. The molecule has 3 heteroatoms. The SMILES string of the molecule is CCN(CC)CC(O)c1c(OC)ccc2ccccc12. The number of methoxy groups -OCH3 is 1. The lowest BCUT2D eigenvalue weighted by Crippen LogP contribution is -2.28. The summed E-state index contributed by atoms with van der Waals surface area (Å²) < 4.78 is 5.44. The maximum atomic E-state index is 10.6. The first-order valence-electron chi connectivity index (χ1n) is 7.17. The van der Waals surface area contributed by atoms with Gasteiger partial charge in [0.05, 0.1) is 13.2 Å². The summed E-state index contributed by atoms with van der Waals surface area (Å²) in [5, 5.41) is 12.8. The number of hydrogen-bond donors (Lipinski definition) is 1. The molecule has 0 amide bonds. The van der Waals surface area contributed by atoms with Crippen LogP contribution in [0.25, 0.3) is 10.8 Å². The van der Waals surface area contributed by atoms with Crippen molar-refractivity contribution in [3.05, 3.63) is 42.0 Å².